The van der Waals surface area contributed by atoms with Crippen molar-refractivity contribution in [2.45, 2.75) is 52.7 Å². The van der Waals surface area contributed by atoms with Crippen LogP contribution < -0.4 is 10.4 Å². The van der Waals surface area contributed by atoms with Crippen LogP contribution in [0.4, 0.5) is 0 Å². The zero-order valence-corrected chi connectivity index (χ0v) is 25.6. The van der Waals surface area contributed by atoms with E-state index < -0.39 is 8.32 Å². The van der Waals surface area contributed by atoms with E-state index in [0.29, 0.717) is 32.3 Å². The highest BCUT2D eigenvalue weighted by molar-refractivity contribution is 6.99. The minimum absolute atomic E-state index is 0.00711. The summed E-state index contributed by atoms with van der Waals surface area (Å²) in [5, 5.41) is 2.51. The second-order valence-electron chi connectivity index (χ2n) is 12.2. The van der Waals surface area contributed by atoms with Gasteiger partial charge in [0.05, 0.1) is 19.8 Å². The van der Waals surface area contributed by atoms with Gasteiger partial charge in [-0.15, -0.1) is 0 Å². The van der Waals surface area contributed by atoms with E-state index in [4.69, 9.17) is 13.9 Å². The normalized spacial score (nSPS) is 19.9. The molecule has 1 saturated carbocycles. The first-order chi connectivity index (χ1) is 19.2. The van der Waals surface area contributed by atoms with Crippen LogP contribution in [-0.2, 0) is 25.3 Å². The van der Waals surface area contributed by atoms with Gasteiger partial charge in [-0.2, -0.15) is 0 Å². The quantitative estimate of drug-likeness (QED) is 0.136. The molecule has 4 rings (SSSR count). The Bertz CT molecular complexity index is 1200. The summed E-state index contributed by atoms with van der Waals surface area (Å²) < 4.78 is 18.6. The topological polar surface area (TPSA) is 44.8 Å². The lowest BCUT2D eigenvalue weighted by atomic mass is 9.96. The maximum atomic E-state index is 12.2. The number of carbonyl (C=O) groups excluding carboxylic acids is 1. The average molecular weight is 557 g/mol. The van der Waals surface area contributed by atoms with Crippen molar-refractivity contribution < 1.29 is 18.7 Å². The number of hydrogen-bond acceptors (Lipinski definition) is 4. The van der Waals surface area contributed by atoms with Crippen molar-refractivity contribution in [3.63, 3.8) is 0 Å². The standard InChI is InChI=1S/C35H44O4Si/c1-6-38-33(36)23-22-29(26-37-25-28-16-10-7-11-17-28)32-24-35(32,5)27-39-40(34(2,3)4,30-18-12-8-13-19-30)31-20-14-9-15-21-31/h7-23,29,32H,6,24-27H2,1-5H3/b23-22-/t29-,32+,35-/m1/s1. The Labute approximate surface area is 241 Å². The van der Waals surface area contributed by atoms with Crippen molar-refractivity contribution >= 4 is 24.7 Å². The number of esters is 1. The molecule has 0 aliphatic heterocycles. The van der Waals surface area contributed by atoms with Crippen molar-refractivity contribution in [1.82, 2.24) is 0 Å². The van der Waals surface area contributed by atoms with Gasteiger partial charge >= 0.3 is 5.97 Å². The van der Waals surface area contributed by atoms with Gasteiger partial charge in [-0.3, -0.25) is 0 Å². The van der Waals surface area contributed by atoms with Crippen LogP contribution in [0, 0.1) is 17.3 Å². The van der Waals surface area contributed by atoms with Gasteiger partial charge in [-0.05, 0) is 45.7 Å². The minimum Gasteiger partial charge on any atom is -0.463 e. The Balaban J connectivity index is 1.55. The Morgan fingerprint density at radius 1 is 0.950 bits per heavy atom. The minimum atomic E-state index is -2.62. The van der Waals surface area contributed by atoms with Gasteiger partial charge in [0.15, 0.2) is 0 Å². The van der Waals surface area contributed by atoms with Crippen molar-refractivity contribution in [3.8, 4) is 0 Å². The molecule has 0 aromatic heterocycles. The molecule has 1 fully saturated rings. The van der Waals surface area contributed by atoms with Crippen LogP contribution >= 0.6 is 0 Å². The summed E-state index contributed by atoms with van der Waals surface area (Å²) in [4.78, 5) is 12.2. The van der Waals surface area contributed by atoms with Gasteiger partial charge in [0, 0.05) is 18.6 Å². The number of benzene rings is 3. The average Bonchev–Trinajstić information content (AvgIpc) is 3.63. The van der Waals surface area contributed by atoms with E-state index in [0.717, 1.165) is 12.0 Å². The smallest absolute Gasteiger partial charge is 0.330 e. The molecule has 0 saturated heterocycles. The van der Waals surface area contributed by atoms with Gasteiger partial charge in [0.25, 0.3) is 8.32 Å². The molecular formula is C35H44O4Si. The summed E-state index contributed by atoms with van der Waals surface area (Å²) in [5.41, 5.74) is 1.14. The summed E-state index contributed by atoms with van der Waals surface area (Å²) in [6.07, 6.45) is 4.58. The fourth-order valence-electron chi connectivity index (χ4n) is 5.90. The highest BCUT2D eigenvalue weighted by Gasteiger charge is 2.57. The first kappa shape index (κ1) is 30.0. The highest BCUT2D eigenvalue weighted by atomic mass is 28.4. The molecule has 0 spiro atoms. The highest BCUT2D eigenvalue weighted by Crippen LogP contribution is 2.57. The summed E-state index contributed by atoms with van der Waals surface area (Å²) in [6.45, 7) is 13.2. The molecule has 1 aliphatic carbocycles. The maximum Gasteiger partial charge on any atom is 0.330 e. The molecule has 3 aromatic carbocycles. The van der Waals surface area contributed by atoms with Crippen molar-refractivity contribution in [2.75, 3.05) is 19.8 Å². The second kappa shape index (κ2) is 13.1. The molecule has 0 N–H and O–H groups in total. The zero-order valence-electron chi connectivity index (χ0n) is 24.6. The molecule has 0 heterocycles. The summed E-state index contributed by atoms with van der Waals surface area (Å²) in [5.74, 6) is 0.148. The van der Waals surface area contributed by atoms with Crippen molar-refractivity contribution in [3.05, 3.63) is 109 Å². The van der Waals surface area contributed by atoms with E-state index in [1.165, 1.54) is 10.4 Å². The van der Waals surface area contributed by atoms with E-state index >= 15 is 0 Å². The van der Waals surface area contributed by atoms with E-state index in [9.17, 15) is 4.79 Å². The number of carbonyl (C=O) groups is 1. The lowest BCUT2D eigenvalue weighted by Crippen LogP contribution is -2.67. The second-order valence-corrected chi connectivity index (χ2v) is 16.5. The summed E-state index contributed by atoms with van der Waals surface area (Å²) >= 11 is 0. The molecule has 0 amide bonds. The third-order valence-corrected chi connectivity index (χ3v) is 13.1. The van der Waals surface area contributed by atoms with Crippen LogP contribution in [0.3, 0.4) is 0 Å². The molecular weight excluding hydrogens is 512 g/mol. The molecule has 212 valence electrons. The fraction of sp³-hybridized carbons (Fsp3) is 0.400. The van der Waals surface area contributed by atoms with E-state index in [-0.39, 0.29) is 22.3 Å². The fourth-order valence-corrected chi connectivity index (χ4v) is 10.6. The molecule has 0 radical (unpaired) electrons. The van der Waals surface area contributed by atoms with Crippen LogP contribution in [0.25, 0.3) is 0 Å². The Kier molecular flexibility index (Phi) is 9.83. The van der Waals surface area contributed by atoms with Gasteiger partial charge in [-0.25, -0.2) is 4.79 Å². The molecule has 1 aliphatic rings. The maximum absolute atomic E-state index is 12.2. The van der Waals surface area contributed by atoms with Crippen LogP contribution in [0.2, 0.25) is 5.04 Å². The lowest BCUT2D eigenvalue weighted by molar-refractivity contribution is -0.137. The van der Waals surface area contributed by atoms with Gasteiger partial charge in [0.2, 0.25) is 0 Å². The third kappa shape index (κ3) is 7.01. The molecule has 4 nitrogen and oxygen atoms in total. The van der Waals surface area contributed by atoms with E-state index in [1.54, 1.807) is 6.08 Å². The molecule has 0 bridgehead atoms. The van der Waals surface area contributed by atoms with E-state index in [1.807, 2.05) is 31.2 Å². The number of rotatable bonds is 13. The monoisotopic (exact) mass is 556 g/mol. The van der Waals surface area contributed by atoms with Crippen LogP contribution in [-0.4, -0.2) is 34.1 Å². The Hall–Kier alpha value is -2.99. The SMILES string of the molecule is CCOC(=O)/C=C\[C@H](COCc1ccccc1)[C@@H]1C[C@]1(C)CO[Si](c1ccccc1)(c1ccccc1)C(C)(C)C. The number of ether oxygens (including phenoxy) is 2. The van der Waals surface area contributed by atoms with Crippen LogP contribution in [0.5, 0.6) is 0 Å². The molecule has 40 heavy (non-hydrogen) atoms. The number of hydrogen-bond donors (Lipinski definition) is 0. The van der Waals surface area contributed by atoms with Gasteiger partial charge < -0.3 is 13.9 Å². The first-order valence-corrected chi connectivity index (χ1v) is 16.3. The molecule has 3 aromatic rings. The van der Waals surface area contributed by atoms with Crippen LogP contribution in [0.15, 0.2) is 103 Å². The molecule has 3 atom stereocenters. The predicted molar refractivity (Wildman–Crippen MR) is 165 cm³/mol. The predicted octanol–water partition coefficient (Wildman–Crippen LogP) is 6.54. The molecule has 5 heteroatoms. The Morgan fingerprint density at radius 3 is 2.02 bits per heavy atom. The largest absolute Gasteiger partial charge is 0.463 e. The lowest BCUT2D eigenvalue weighted by Gasteiger charge is -2.43. The van der Waals surface area contributed by atoms with Gasteiger partial charge in [0.1, 0.15) is 0 Å². The zero-order chi connectivity index (χ0) is 28.6. The van der Waals surface area contributed by atoms with Crippen molar-refractivity contribution in [1.29, 1.82) is 0 Å². The third-order valence-electron chi connectivity index (χ3n) is 8.16. The van der Waals surface area contributed by atoms with E-state index in [2.05, 4.69) is 100 Å². The molecule has 0 unspecified atom stereocenters. The first-order valence-electron chi connectivity index (χ1n) is 14.4. The van der Waals surface area contributed by atoms with Gasteiger partial charge in [-0.1, -0.05) is 125 Å². The summed E-state index contributed by atoms with van der Waals surface area (Å²) in [6, 6.07) is 31.8. The van der Waals surface area contributed by atoms with Crippen molar-refractivity contribution in [2.24, 2.45) is 17.3 Å². The Morgan fingerprint density at radius 2 is 1.50 bits per heavy atom. The van der Waals surface area contributed by atoms with Crippen LogP contribution in [0.1, 0.15) is 46.6 Å². The summed E-state index contributed by atoms with van der Waals surface area (Å²) in [7, 11) is -2.62.